The van der Waals surface area contributed by atoms with Gasteiger partial charge in [0.2, 0.25) is 0 Å². The Bertz CT molecular complexity index is 645. The van der Waals surface area contributed by atoms with Crippen LogP contribution in [0.2, 0.25) is 0 Å². The molecule has 1 aliphatic heterocycles. The van der Waals surface area contributed by atoms with Gasteiger partial charge in [-0.1, -0.05) is 6.07 Å². The average Bonchev–Trinajstić information content (AvgIpc) is 3.22. The molecule has 4 nitrogen and oxygen atoms in total. The summed E-state index contributed by atoms with van der Waals surface area (Å²) >= 11 is 0. The van der Waals surface area contributed by atoms with E-state index in [-0.39, 0.29) is 17.3 Å². The molecule has 0 radical (unpaired) electrons. The van der Waals surface area contributed by atoms with Crippen LogP contribution in [-0.4, -0.2) is 36.0 Å². The molecular formula is C18H23NO3. The molecule has 0 saturated heterocycles. The third-order valence-corrected chi connectivity index (χ3v) is 6.72. The number of nitrogens with one attached hydrogen (secondary N) is 1. The van der Waals surface area contributed by atoms with E-state index in [2.05, 4.69) is 11.4 Å². The van der Waals surface area contributed by atoms with Crippen LogP contribution in [0.3, 0.4) is 0 Å². The van der Waals surface area contributed by atoms with Gasteiger partial charge in [-0.15, -0.1) is 0 Å². The molecule has 6 atom stereocenters. The second-order valence-corrected chi connectivity index (χ2v) is 7.57. The monoisotopic (exact) mass is 301 g/mol. The zero-order valence-corrected chi connectivity index (χ0v) is 12.9. The van der Waals surface area contributed by atoms with E-state index in [1.165, 1.54) is 17.5 Å². The summed E-state index contributed by atoms with van der Waals surface area (Å²) in [5.41, 5.74) is 2.50. The summed E-state index contributed by atoms with van der Waals surface area (Å²) in [5.74, 6) is 2.89. The van der Waals surface area contributed by atoms with Crippen LogP contribution in [0.15, 0.2) is 12.1 Å². The Labute approximate surface area is 130 Å². The van der Waals surface area contributed by atoms with Gasteiger partial charge < -0.3 is 20.3 Å². The molecule has 1 aromatic carbocycles. The number of aromatic hydroxyl groups is 1. The second kappa shape index (κ2) is 4.18. The topological polar surface area (TPSA) is 61.7 Å². The first-order valence-corrected chi connectivity index (χ1v) is 8.54. The van der Waals surface area contributed by atoms with Gasteiger partial charge in [0.05, 0.1) is 6.10 Å². The van der Waals surface area contributed by atoms with E-state index in [1.807, 2.05) is 7.05 Å². The van der Waals surface area contributed by atoms with Gasteiger partial charge in [0.25, 0.3) is 0 Å². The van der Waals surface area contributed by atoms with Crippen LogP contribution in [0.25, 0.3) is 0 Å². The largest absolute Gasteiger partial charge is 0.504 e. The zero-order chi connectivity index (χ0) is 15.1. The van der Waals surface area contributed by atoms with E-state index in [0.29, 0.717) is 17.6 Å². The van der Waals surface area contributed by atoms with Crippen LogP contribution in [0.5, 0.6) is 11.5 Å². The lowest BCUT2D eigenvalue weighted by molar-refractivity contribution is -0.0621. The third kappa shape index (κ3) is 1.36. The maximum Gasteiger partial charge on any atom is 0.165 e. The molecule has 2 fully saturated rings. The van der Waals surface area contributed by atoms with E-state index >= 15 is 0 Å². The van der Waals surface area contributed by atoms with E-state index < -0.39 is 6.10 Å². The first-order valence-electron chi connectivity index (χ1n) is 8.54. The summed E-state index contributed by atoms with van der Waals surface area (Å²) in [7, 11) is 1.98. The Morgan fingerprint density at radius 3 is 3.05 bits per heavy atom. The third-order valence-electron chi connectivity index (χ3n) is 6.72. The quantitative estimate of drug-likeness (QED) is 0.798. The highest BCUT2D eigenvalue weighted by atomic mass is 16.5. The van der Waals surface area contributed by atoms with Crippen molar-refractivity contribution in [2.75, 3.05) is 13.6 Å². The fourth-order valence-corrected chi connectivity index (χ4v) is 5.84. The van der Waals surface area contributed by atoms with E-state index in [4.69, 9.17) is 4.74 Å². The Morgan fingerprint density at radius 2 is 2.23 bits per heavy atom. The molecule has 22 heavy (non-hydrogen) atoms. The molecular weight excluding hydrogens is 278 g/mol. The van der Waals surface area contributed by atoms with Crippen molar-refractivity contribution in [1.29, 1.82) is 0 Å². The zero-order valence-electron chi connectivity index (χ0n) is 12.9. The molecule has 4 aliphatic rings. The van der Waals surface area contributed by atoms with Crippen molar-refractivity contribution in [1.82, 2.24) is 5.32 Å². The molecule has 3 aliphatic carbocycles. The average molecular weight is 301 g/mol. The number of benzene rings is 1. The first kappa shape index (κ1) is 13.2. The van der Waals surface area contributed by atoms with Gasteiger partial charge in [-0.05, 0) is 68.7 Å². The molecule has 118 valence electrons. The minimum atomic E-state index is -0.428. The van der Waals surface area contributed by atoms with Crippen molar-refractivity contribution in [3.63, 3.8) is 0 Å². The van der Waals surface area contributed by atoms with Gasteiger partial charge in [0.1, 0.15) is 6.10 Å². The molecule has 3 N–H and O–H groups in total. The predicted molar refractivity (Wildman–Crippen MR) is 82.3 cm³/mol. The second-order valence-electron chi connectivity index (χ2n) is 7.57. The van der Waals surface area contributed by atoms with Crippen LogP contribution in [-0.2, 0) is 5.41 Å². The fourth-order valence-electron chi connectivity index (χ4n) is 5.84. The number of fused-ring (bicyclic) bond motifs is 3. The predicted octanol–water partition coefficient (Wildman–Crippen LogP) is 1.89. The number of phenols is 1. The highest BCUT2D eigenvalue weighted by Crippen LogP contribution is 2.71. The normalized spacial score (nSPS) is 43.3. The maximum absolute atomic E-state index is 10.6. The number of rotatable bonds is 3. The Kier molecular flexibility index (Phi) is 2.51. The highest BCUT2D eigenvalue weighted by molar-refractivity contribution is 5.62. The number of aliphatic hydroxyl groups is 1. The van der Waals surface area contributed by atoms with Crippen molar-refractivity contribution < 1.29 is 14.9 Å². The number of hydrogen-bond acceptors (Lipinski definition) is 4. The highest BCUT2D eigenvalue weighted by Gasteiger charge is 2.68. The minimum Gasteiger partial charge on any atom is -0.504 e. The number of hydrogen-bond donors (Lipinski definition) is 3. The minimum absolute atomic E-state index is 0.109. The summed E-state index contributed by atoms with van der Waals surface area (Å²) < 4.78 is 6.19. The standard InChI is InChI=1S/C18H23NO3/c1-19-7-6-18-12-3-5-14(21)17(18)22-16-13(20)4-2-9(15(16)18)10-8-11(10)12/h2,4,10-12,14,17,19-21H,3,5-8H2,1H3. The van der Waals surface area contributed by atoms with Gasteiger partial charge >= 0.3 is 0 Å². The molecule has 2 saturated carbocycles. The molecule has 0 amide bonds. The van der Waals surface area contributed by atoms with Gasteiger partial charge in [-0.3, -0.25) is 0 Å². The molecule has 1 heterocycles. The van der Waals surface area contributed by atoms with Crippen LogP contribution in [0.4, 0.5) is 0 Å². The number of phenolic OH excluding ortho intramolecular Hbond substituents is 1. The SMILES string of the molecule is CNCCC12c3c4ccc(O)c3OC1C(O)CCC2C1CC41. The Hall–Kier alpha value is -1.26. The Morgan fingerprint density at radius 1 is 1.36 bits per heavy atom. The summed E-state index contributed by atoms with van der Waals surface area (Å²) in [5, 5.41) is 24.2. The molecule has 0 bridgehead atoms. The number of aliphatic hydroxyl groups excluding tert-OH is 1. The summed E-state index contributed by atoms with van der Waals surface area (Å²) in [4.78, 5) is 0. The van der Waals surface area contributed by atoms with Crippen molar-refractivity contribution >= 4 is 0 Å². The van der Waals surface area contributed by atoms with Crippen LogP contribution < -0.4 is 10.1 Å². The molecule has 1 aromatic rings. The van der Waals surface area contributed by atoms with Gasteiger partial charge in [-0.2, -0.15) is 0 Å². The van der Waals surface area contributed by atoms with Gasteiger partial charge in [0, 0.05) is 11.0 Å². The van der Waals surface area contributed by atoms with Crippen LogP contribution >= 0.6 is 0 Å². The van der Waals surface area contributed by atoms with Crippen molar-refractivity contribution in [2.45, 2.75) is 49.2 Å². The van der Waals surface area contributed by atoms with Crippen LogP contribution in [0.1, 0.15) is 42.7 Å². The van der Waals surface area contributed by atoms with Crippen molar-refractivity contribution in [3.05, 3.63) is 23.3 Å². The lowest BCUT2D eigenvalue weighted by Crippen LogP contribution is -2.57. The molecule has 0 spiro atoms. The lowest BCUT2D eigenvalue weighted by Gasteiger charge is -2.49. The summed E-state index contributed by atoms with van der Waals surface area (Å²) in [6.07, 6.45) is 3.53. The summed E-state index contributed by atoms with van der Waals surface area (Å²) in [6.45, 7) is 0.912. The summed E-state index contributed by atoms with van der Waals surface area (Å²) in [6, 6.07) is 3.88. The van der Waals surface area contributed by atoms with E-state index in [1.54, 1.807) is 6.07 Å². The molecule has 0 aromatic heterocycles. The lowest BCUT2D eigenvalue weighted by atomic mass is 9.54. The molecule has 4 heteroatoms. The van der Waals surface area contributed by atoms with E-state index in [9.17, 15) is 10.2 Å². The van der Waals surface area contributed by atoms with Crippen molar-refractivity contribution in [3.8, 4) is 11.5 Å². The Balaban J connectivity index is 1.76. The van der Waals surface area contributed by atoms with Crippen molar-refractivity contribution in [2.24, 2.45) is 11.8 Å². The first-order chi connectivity index (χ1) is 10.7. The fraction of sp³-hybridized carbons (Fsp3) is 0.667. The molecule has 6 unspecified atom stereocenters. The van der Waals surface area contributed by atoms with Crippen LogP contribution in [0, 0.1) is 11.8 Å². The molecule has 5 rings (SSSR count). The maximum atomic E-state index is 10.6. The smallest absolute Gasteiger partial charge is 0.165 e. The van der Waals surface area contributed by atoms with Gasteiger partial charge in [-0.25, -0.2) is 0 Å². The number of ether oxygens (including phenoxy) is 1. The van der Waals surface area contributed by atoms with E-state index in [0.717, 1.165) is 31.7 Å². The van der Waals surface area contributed by atoms with Gasteiger partial charge in [0.15, 0.2) is 11.5 Å².